The zero-order valence-corrected chi connectivity index (χ0v) is 25.1. The van der Waals surface area contributed by atoms with Crippen molar-refractivity contribution in [3.8, 4) is 23.3 Å². The smallest absolute Gasteiger partial charge is 0.131 e. The van der Waals surface area contributed by atoms with E-state index in [-0.39, 0.29) is 18.2 Å². The van der Waals surface area contributed by atoms with Crippen LogP contribution in [0.4, 0.5) is 0 Å². The van der Waals surface area contributed by atoms with E-state index in [1.54, 1.807) is 0 Å². The van der Waals surface area contributed by atoms with Crippen LogP contribution >= 0.6 is 0 Å². The Morgan fingerprint density at radius 2 is 1.15 bits per heavy atom. The molecule has 2 N–H and O–H groups in total. The summed E-state index contributed by atoms with van der Waals surface area (Å²) >= 11 is 0. The molecule has 0 spiro atoms. The number of hydrogen-bond donors (Lipinski definition) is 2. The SMILES string of the molecule is N#Cc1ccc(-c2ccc(C3=CC(c4ccc(C#N)cc4)CC(C4N=C(c5ccccc5)NC(c5ccccc5)N4)=C3)cc2)cc1. The molecule has 5 heteroatoms. The molecule has 5 aromatic carbocycles. The normalized spacial score (nSPS) is 19.0. The average molecular weight is 594 g/mol. The van der Waals surface area contributed by atoms with Gasteiger partial charge in [0.25, 0.3) is 0 Å². The summed E-state index contributed by atoms with van der Waals surface area (Å²) < 4.78 is 0. The molecule has 1 heterocycles. The van der Waals surface area contributed by atoms with Crippen LogP contribution in [0, 0.1) is 22.7 Å². The Morgan fingerprint density at radius 1 is 0.587 bits per heavy atom. The fourth-order valence-electron chi connectivity index (χ4n) is 6.13. The molecule has 0 fully saturated rings. The van der Waals surface area contributed by atoms with Crippen molar-refractivity contribution in [2.45, 2.75) is 24.7 Å². The van der Waals surface area contributed by atoms with Gasteiger partial charge in [0.2, 0.25) is 0 Å². The zero-order valence-electron chi connectivity index (χ0n) is 25.1. The van der Waals surface area contributed by atoms with Crippen LogP contribution in [0.15, 0.2) is 156 Å². The first-order chi connectivity index (χ1) is 22.7. The lowest BCUT2D eigenvalue weighted by atomic mass is 9.82. The molecule has 2 aliphatic rings. The molecular weight excluding hydrogens is 562 g/mol. The highest BCUT2D eigenvalue weighted by Gasteiger charge is 2.29. The standard InChI is InChI=1S/C41H31N5/c42-26-28-11-15-30(16-12-28)31-19-21-33(22-20-31)37-23-36(32-17-13-29(27-43)14-18-32)24-38(25-37)41-45-39(34-7-3-1-4-8-34)44-40(46-41)35-9-5-2-6-10-35/h1-23,25,36,39,41,45H,24H2,(H,44,46). The topological polar surface area (TPSA) is 84.0 Å². The number of rotatable bonds is 6. The third-order valence-electron chi connectivity index (χ3n) is 8.61. The van der Waals surface area contributed by atoms with Gasteiger partial charge in [0.1, 0.15) is 18.2 Å². The lowest BCUT2D eigenvalue weighted by molar-refractivity contribution is 0.423. The molecule has 5 nitrogen and oxygen atoms in total. The first-order valence-corrected chi connectivity index (χ1v) is 15.4. The summed E-state index contributed by atoms with van der Waals surface area (Å²) in [5.74, 6) is 0.972. The van der Waals surface area contributed by atoms with Crippen LogP contribution in [-0.4, -0.2) is 12.0 Å². The predicted octanol–water partition coefficient (Wildman–Crippen LogP) is 8.26. The average Bonchev–Trinajstić information content (AvgIpc) is 3.15. The fourth-order valence-corrected chi connectivity index (χ4v) is 6.13. The van der Waals surface area contributed by atoms with Gasteiger partial charge in [0.05, 0.1) is 23.3 Å². The van der Waals surface area contributed by atoms with Crippen molar-refractivity contribution < 1.29 is 0 Å². The van der Waals surface area contributed by atoms with Crippen molar-refractivity contribution in [2.24, 2.45) is 4.99 Å². The summed E-state index contributed by atoms with van der Waals surface area (Å²) in [6.07, 6.45) is 5.05. The Labute approximate surface area is 269 Å². The van der Waals surface area contributed by atoms with Crippen LogP contribution in [0.25, 0.3) is 16.7 Å². The molecule has 3 atom stereocenters. The molecule has 0 saturated carbocycles. The summed E-state index contributed by atoms with van der Waals surface area (Å²) in [5.41, 5.74) is 10.3. The third-order valence-corrected chi connectivity index (χ3v) is 8.61. The molecule has 3 unspecified atom stereocenters. The number of nitriles is 2. The molecule has 5 aromatic rings. The maximum absolute atomic E-state index is 9.40. The second kappa shape index (κ2) is 12.9. The number of aliphatic imine (C=N–C) groups is 1. The minimum absolute atomic E-state index is 0.114. The van der Waals surface area contributed by atoms with Crippen LogP contribution in [0.1, 0.15) is 51.9 Å². The minimum atomic E-state index is -0.246. The summed E-state index contributed by atoms with van der Waals surface area (Å²) in [6, 6.07) is 49.3. The molecular formula is C41H31N5. The Balaban J connectivity index is 1.27. The van der Waals surface area contributed by atoms with E-state index in [4.69, 9.17) is 4.99 Å². The summed E-state index contributed by atoms with van der Waals surface area (Å²) in [6.45, 7) is 0. The maximum atomic E-state index is 9.40. The number of nitrogens with zero attached hydrogens (tertiary/aromatic N) is 3. The van der Waals surface area contributed by atoms with E-state index in [0.29, 0.717) is 11.1 Å². The lowest BCUT2D eigenvalue weighted by Gasteiger charge is -2.35. The third kappa shape index (κ3) is 6.14. The summed E-state index contributed by atoms with van der Waals surface area (Å²) in [5, 5.41) is 26.0. The van der Waals surface area contributed by atoms with Gasteiger partial charge in [0.15, 0.2) is 0 Å². The molecule has 7 rings (SSSR count). The number of benzene rings is 5. The molecule has 0 saturated heterocycles. The fraction of sp³-hybridized carbons (Fsp3) is 0.0976. The van der Waals surface area contributed by atoms with Gasteiger partial charge in [-0.3, -0.25) is 5.32 Å². The van der Waals surface area contributed by atoms with Crippen molar-refractivity contribution in [2.75, 3.05) is 0 Å². The first kappa shape index (κ1) is 28.7. The minimum Gasteiger partial charge on any atom is -0.350 e. The molecule has 46 heavy (non-hydrogen) atoms. The summed E-state index contributed by atoms with van der Waals surface area (Å²) in [7, 11) is 0. The van der Waals surface area contributed by atoms with Crippen LogP contribution < -0.4 is 10.6 Å². The monoisotopic (exact) mass is 593 g/mol. The quantitative estimate of drug-likeness (QED) is 0.208. The van der Waals surface area contributed by atoms with Crippen molar-refractivity contribution >= 4 is 11.4 Å². The van der Waals surface area contributed by atoms with Crippen molar-refractivity contribution in [1.82, 2.24) is 10.6 Å². The van der Waals surface area contributed by atoms with Gasteiger partial charge in [0, 0.05) is 11.5 Å². The van der Waals surface area contributed by atoms with E-state index in [0.717, 1.165) is 51.2 Å². The van der Waals surface area contributed by atoms with E-state index >= 15 is 0 Å². The van der Waals surface area contributed by atoms with Crippen molar-refractivity contribution in [3.63, 3.8) is 0 Å². The van der Waals surface area contributed by atoms with Gasteiger partial charge in [-0.05, 0) is 69.6 Å². The van der Waals surface area contributed by atoms with Crippen LogP contribution in [-0.2, 0) is 0 Å². The van der Waals surface area contributed by atoms with E-state index < -0.39 is 0 Å². The highest BCUT2D eigenvalue weighted by Crippen LogP contribution is 2.38. The zero-order chi connectivity index (χ0) is 31.3. The number of nitrogens with one attached hydrogen (secondary N) is 2. The van der Waals surface area contributed by atoms with E-state index in [2.05, 4.69) is 108 Å². The van der Waals surface area contributed by atoms with Gasteiger partial charge in [-0.25, -0.2) is 4.99 Å². The molecule has 1 aliphatic heterocycles. The Kier molecular flexibility index (Phi) is 8.07. The largest absolute Gasteiger partial charge is 0.350 e. The van der Waals surface area contributed by atoms with E-state index in [1.807, 2.05) is 60.7 Å². The Morgan fingerprint density at radius 3 is 1.78 bits per heavy atom. The molecule has 0 bridgehead atoms. The van der Waals surface area contributed by atoms with Gasteiger partial charge < -0.3 is 5.32 Å². The number of allylic oxidation sites excluding steroid dienone is 3. The first-order valence-electron chi connectivity index (χ1n) is 15.4. The highest BCUT2D eigenvalue weighted by molar-refractivity contribution is 5.99. The van der Waals surface area contributed by atoms with Gasteiger partial charge in [-0.1, -0.05) is 121 Å². The highest BCUT2D eigenvalue weighted by atomic mass is 15.3. The van der Waals surface area contributed by atoms with Crippen LogP contribution in [0.2, 0.25) is 0 Å². The predicted molar refractivity (Wildman–Crippen MR) is 183 cm³/mol. The van der Waals surface area contributed by atoms with Crippen LogP contribution in [0.3, 0.4) is 0 Å². The van der Waals surface area contributed by atoms with E-state index in [1.165, 1.54) is 5.57 Å². The second-order valence-corrected chi connectivity index (χ2v) is 11.6. The van der Waals surface area contributed by atoms with Crippen molar-refractivity contribution in [1.29, 1.82) is 10.5 Å². The summed E-state index contributed by atoms with van der Waals surface area (Å²) in [4.78, 5) is 5.24. The van der Waals surface area contributed by atoms with Crippen molar-refractivity contribution in [3.05, 3.63) is 185 Å². The van der Waals surface area contributed by atoms with Gasteiger partial charge in [-0.2, -0.15) is 10.5 Å². The maximum Gasteiger partial charge on any atom is 0.131 e. The molecule has 220 valence electrons. The number of hydrogen-bond acceptors (Lipinski definition) is 5. The van der Waals surface area contributed by atoms with Crippen LogP contribution in [0.5, 0.6) is 0 Å². The van der Waals surface area contributed by atoms with Gasteiger partial charge in [-0.15, -0.1) is 0 Å². The Hall–Kier alpha value is -6.01. The second-order valence-electron chi connectivity index (χ2n) is 11.6. The molecule has 0 aromatic heterocycles. The molecule has 0 radical (unpaired) electrons. The van der Waals surface area contributed by atoms with Gasteiger partial charge >= 0.3 is 0 Å². The van der Waals surface area contributed by atoms with E-state index in [9.17, 15) is 10.5 Å². The number of amidine groups is 1. The molecule has 1 aliphatic carbocycles. The molecule has 0 amide bonds. The lowest BCUT2D eigenvalue weighted by Crippen LogP contribution is -2.49. The Bertz CT molecular complexity index is 2010.